The molecule has 1 N–H and O–H groups in total. The van der Waals surface area contributed by atoms with Gasteiger partial charge in [-0.15, -0.1) is 10.1 Å². The molecule has 0 aromatic heterocycles. The van der Waals surface area contributed by atoms with Crippen molar-refractivity contribution in [3.8, 4) is 0 Å². The summed E-state index contributed by atoms with van der Waals surface area (Å²) < 4.78 is 22.0. The smallest absolute Gasteiger partial charge is 0.329 e. The van der Waals surface area contributed by atoms with Gasteiger partial charge in [-0.25, -0.2) is 4.79 Å². The van der Waals surface area contributed by atoms with Crippen LogP contribution in [0.3, 0.4) is 0 Å². The molecule has 214 valence electrons. The van der Waals surface area contributed by atoms with Crippen LogP contribution >= 0.6 is 0 Å². The number of nitrogens with zero attached hydrogens (tertiary/aromatic N) is 2. The van der Waals surface area contributed by atoms with Gasteiger partial charge in [-0.3, -0.25) is 14.9 Å². The maximum absolute atomic E-state index is 13.4. The van der Waals surface area contributed by atoms with Crippen LogP contribution in [0.25, 0.3) is 0 Å². The van der Waals surface area contributed by atoms with Gasteiger partial charge in [-0.05, 0) is 45.1 Å². The van der Waals surface area contributed by atoms with Crippen molar-refractivity contribution in [3.63, 3.8) is 0 Å². The summed E-state index contributed by atoms with van der Waals surface area (Å²) in [6.07, 6.45) is -0.927. The summed E-state index contributed by atoms with van der Waals surface area (Å²) >= 11 is 0. The third-order valence-electron chi connectivity index (χ3n) is 7.22. The molecular formula is C26H35N3O10. The molecule has 13 nitrogen and oxygen atoms in total. The summed E-state index contributed by atoms with van der Waals surface area (Å²) in [6.45, 7) is 3.95. The van der Waals surface area contributed by atoms with Crippen molar-refractivity contribution in [1.29, 1.82) is 0 Å². The number of hydrogen-bond acceptors (Lipinski definition) is 11. The molecule has 0 aliphatic carbocycles. The van der Waals surface area contributed by atoms with Crippen LogP contribution in [0.1, 0.15) is 38.7 Å². The summed E-state index contributed by atoms with van der Waals surface area (Å²) in [4.78, 5) is 55.9. The third kappa shape index (κ3) is 7.02. The van der Waals surface area contributed by atoms with Gasteiger partial charge < -0.3 is 28.7 Å². The van der Waals surface area contributed by atoms with Crippen molar-refractivity contribution in [3.05, 3.63) is 46.0 Å². The maximum atomic E-state index is 13.4. The molecule has 13 heteroatoms. The highest BCUT2D eigenvalue weighted by Crippen LogP contribution is 2.31. The number of likely N-dealkylation sites (tertiary alicyclic amines) is 1. The maximum Gasteiger partial charge on any atom is 0.329 e. The molecule has 3 aliphatic rings. The van der Waals surface area contributed by atoms with Crippen LogP contribution in [-0.4, -0.2) is 96.7 Å². The van der Waals surface area contributed by atoms with E-state index in [1.165, 1.54) is 4.90 Å². The molecule has 1 aromatic carbocycles. The minimum absolute atomic E-state index is 0.0138. The van der Waals surface area contributed by atoms with E-state index in [1.54, 1.807) is 13.8 Å². The van der Waals surface area contributed by atoms with Gasteiger partial charge >= 0.3 is 11.9 Å². The lowest BCUT2D eigenvalue weighted by atomic mass is 10.0. The first-order valence-electron chi connectivity index (χ1n) is 13.3. The van der Waals surface area contributed by atoms with E-state index in [0.717, 1.165) is 5.56 Å². The second kappa shape index (κ2) is 13.2. The zero-order chi connectivity index (χ0) is 27.9. The Bertz CT molecular complexity index is 1020. The molecule has 0 bridgehead atoms. The van der Waals surface area contributed by atoms with Crippen LogP contribution < -0.4 is 5.32 Å². The fourth-order valence-electron chi connectivity index (χ4n) is 5.32. The van der Waals surface area contributed by atoms with Gasteiger partial charge in [-0.1, -0.05) is 30.3 Å². The topological polar surface area (TPSA) is 156 Å². The molecule has 7 atom stereocenters. The van der Waals surface area contributed by atoms with Crippen LogP contribution in [-0.2, 0) is 44.6 Å². The number of amides is 1. The van der Waals surface area contributed by atoms with Gasteiger partial charge in [0.25, 0.3) is 5.09 Å². The van der Waals surface area contributed by atoms with Gasteiger partial charge in [0.2, 0.25) is 5.91 Å². The Labute approximate surface area is 226 Å². The lowest BCUT2D eigenvalue weighted by Gasteiger charge is -2.29. The van der Waals surface area contributed by atoms with Gasteiger partial charge in [-0.2, -0.15) is 0 Å². The molecule has 3 fully saturated rings. The average Bonchev–Trinajstić information content (AvgIpc) is 3.65. The van der Waals surface area contributed by atoms with Crippen molar-refractivity contribution in [2.75, 3.05) is 26.4 Å². The Morgan fingerprint density at radius 2 is 1.85 bits per heavy atom. The standard InChI is InChI=1S/C26H35N3O10/c1-3-35-25(31)18(12-11-17-8-5-4-6-9-17)27-16(2)24(30)28-13-7-10-19(28)26(32)38-20-14-36-23-21(39-29(33)34)15-37-22(20)23/h4-6,8-9,16,18-23,27H,3,7,10-15H2,1-2H3/t16?,18-,19-,20-,21+,22-,23?/m0/s1. The summed E-state index contributed by atoms with van der Waals surface area (Å²) in [5, 5.41) is 12.9. The number of aryl methyl sites for hydroxylation is 1. The van der Waals surface area contributed by atoms with Crippen LogP contribution in [0.4, 0.5) is 0 Å². The Kier molecular flexibility index (Phi) is 9.70. The number of rotatable bonds is 12. The first-order chi connectivity index (χ1) is 18.8. The molecule has 3 heterocycles. The lowest BCUT2D eigenvalue weighted by molar-refractivity contribution is -0.769. The van der Waals surface area contributed by atoms with Crippen molar-refractivity contribution < 1.29 is 43.3 Å². The molecule has 39 heavy (non-hydrogen) atoms. The summed E-state index contributed by atoms with van der Waals surface area (Å²) in [6, 6.07) is 7.48. The average molecular weight is 550 g/mol. The number of ether oxygens (including phenoxy) is 4. The second-order valence-electron chi connectivity index (χ2n) is 9.85. The minimum Gasteiger partial charge on any atom is -0.465 e. The van der Waals surface area contributed by atoms with E-state index in [2.05, 4.69) is 10.2 Å². The fourth-order valence-corrected chi connectivity index (χ4v) is 5.32. The quantitative estimate of drug-likeness (QED) is 0.224. The van der Waals surface area contributed by atoms with Crippen molar-refractivity contribution in [1.82, 2.24) is 10.2 Å². The summed E-state index contributed by atoms with van der Waals surface area (Å²) in [5.41, 5.74) is 1.07. The van der Waals surface area contributed by atoms with E-state index in [-0.39, 0.29) is 25.7 Å². The Morgan fingerprint density at radius 1 is 1.15 bits per heavy atom. The predicted molar refractivity (Wildman–Crippen MR) is 134 cm³/mol. The van der Waals surface area contributed by atoms with E-state index in [1.807, 2.05) is 30.3 Å². The molecule has 0 saturated carbocycles. The highest BCUT2D eigenvalue weighted by Gasteiger charge is 2.52. The summed E-state index contributed by atoms with van der Waals surface area (Å²) in [5.74, 6) is -1.34. The number of fused-ring (bicyclic) bond motifs is 1. The van der Waals surface area contributed by atoms with Crippen LogP contribution in [0, 0.1) is 10.1 Å². The Hall–Kier alpha value is -3.29. The second-order valence-corrected chi connectivity index (χ2v) is 9.85. The highest BCUT2D eigenvalue weighted by molar-refractivity contribution is 5.88. The molecule has 3 aliphatic heterocycles. The number of hydrogen-bond donors (Lipinski definition) is 1. The van der Waals surface area contributed by atoms with E-state index in [4.69, 9.17) is 18.9 Å². The van der Waals surface area contributed by atoms with E-state index >= 15 is 0 Å². The number of esters is 2. The predicted octanol–water partition coefficient (Wildman–Crippen LogP) is 0.806. The summed E-state index contributed by atoms with van der Waals surface area (Å²) in [7, 11) is 0. The van der Waals surface area contributed by atoms with Gasteiger partial charge in [0.05, 0.1) is 25.9 Å². The minimum atomic E-state index is -0.898. The van der Waals surface area contributed by atoms with E-state index in [9.17, 15) is 24.5 Å². The van der Waals surface area contributed by atoms with Crippen molar-refractivity contribution in [2.24, 2.45) is 0 Å². The van der Waals surface area contributed by atoms with Crippen LogP contribution in [0.5, 0.6) is 0 Å². The fraction of sp³-hybridized carbons (Fsp3) is 0.654. The number of nitrogens with one attached hydrogen (secondary N) is 1. The first-order valence-corrected chi connectivity index (χ1v) is 13.3. The van der Waals surface area contributed by atoms with Crippen LogP contribution in [0.2, 0.25) is 0 Å². The number of carbonyl (C=O) groups excluding carboxylic acids is 3. The zero-order valence-electron chi connectivity index (χ0n) is 22.1. The van der Waals surface area contributed by atoms with Gasteiger partial charge in [0, 0.05) is 6.54 Å². The molecule has 1 aromatic rings. The first kappa shape index (κ1) is 28.7. The largest absolute Gasteiger partial charge is 0.465 e. The highest BCUT2D eigenvalue weighted by atomic mass is 17.0. The molecule has 0 radical (unpaired) electrons. The molecule has 0 spiro atoms. The SMILES string of the molecule is CCOC(=O)[C@H](CCc1ccccc1)NC(C)C(=O)N1CCC[C@H]1C(=O)O[C@H]1COC2[C@H]1OC[C@H]2O[N+](=O)[O-]. The lowest BCUT2D eigenvalue weighted by Crippen LogP contribution is -2.54. The monoisotopic (exact) mass is 549 g/mol. The Balaban J connectivity index is 1.33. The molecule has 2 unspecified atom stereocenters. The number of carbonyl (C=O) groups is 3. The van der Waals surface area contributed by atoms with Crippen LogP contribution in [0.15, 0.2) is 30.3 Å². The van der Waals surface area contributed by atoms with E-state index in [0.29, 0.717) is 32.2 Å². The van der Waals surface area contributed by atoms with E-state index < -0.39 is 59.6 Å². The number of benzene rings is 1. The Morgan fingerprint density at radius 3 is 2.54 bits per heavy atom. The van der Waals surface area contributed by atoms with Gasteiger partial charge in [0.1, 0.15) is 24.3 Å². The normalized spacial score (nSPS) is 27.4. The zero-order valence-corrected chi connectivity index (χ0v) is 22.1. The molecular weight excluding hydrogens is 514 g/mol. The van der Waals surface area contributed by atoms with Gasteiger partial charge in [0.15, 0.2) is 12.2 Å². The van der Waals surface area contributed by atoms with Crippen molar-refractivity contribution in [2.45, 2.75) is 82.1 Å². The molecule has 3 saturated heterocycles. The molecule has 4 rings (SSSR count). The van der Waals surface area contributed by atoms with Crippen molar-refractivity contribution >= 4 is 17.8 Å². The molecule has 1 amide bonds. The third-order valence-corrected chi connectivity index (χ3v) is 7.22.